The van der Waals surface area contributed by atoms with E-state index in [-0.39, 0.29) is 24.5 Å². The minimum Gasteiger partial charge on any atom is -0.466 e. The molecule has 0 fully saturated rings. The summed E-state index contributed by atoms with van der Waals surface area (Å²) >= 11 is 0. The van der Waals surface area contributed by atoms with Gasteiger partial charge < -0.3 is 20.3 Å². The van der Waals surface area contributed by atoms with Crippen LogP contribution in [0.1, 0.15) is 31.7 Å². The smallest absolute Gasteiger partial charge is 0.309 e. The van der Waals surface area contributed by atoms with E-state index in [1.165, 1.54) is 11.1 Å². The maximum atomic E-state index is 12.3. The van der Waals surface area contributed by atoms with Crippen molar-refractivity contribution in [1.29, 1.82) is 0 Å². The van der Waals surface area contributed by atoms with Gasteiger partial charge in [0.15, 0.2) is 0 Å². The summed E-state index contributed by atoms with van der Waals surface area (Å²) < 4.78 is 10.7. The number of nitrogens with two attached hydrogens (primary N) is 1. The van der Waals surface area contributed by atoms with Gasteiger partial charge in [0.25, 0.3) is 0 Å². The van der Waals surface area contributed by atoms with E-state index in [4.69, 9.17) is 20.3 Å². The van der Waals surface area contributed by atoms with Crippen LogP contribution in [0, 0.1) is 5.92 Å². The lowest BCUT2D eigenvalue weighted by atomic mass is 9.93. The topological polar surface area (TPSA) is 81.8 Å². The molecule has 0 spiro atoms. The van der Waals surface area contributed by atoms with Crippen molar-refractivity contribution in [2.75, 3.05) is 26.4 Å². The van der Waals surface area contributed by atoms with E-state index in [1.54, 1.807) is 6.92 Å². The molecule has 0 radical (unpaired) electrons. The lowest BCUT2D eigenvalue weighted by Gasteiger charge is -2.20. The number of aliphatic hydroxyl groups is 1. The number of benzene rings is 2. The molecular formula is C24H33NO4. The molecule has 2 atom stereocenters. The maximum absolute atomic E-state index is 12.3. The molecular weight excluding hydrogens is 366 g/mol. The predicted molar refractivity (Wildman–Crippen MR) is 115 cm³/mol. The van der Waals surface area contributed by atoms with Gasteiger partial charge in [-0.2, -0.15) is 0 Å². The lowest BCUT2D eigenvalue weighted by Crippen LogP contribution is -2.31. The molecule has 3 N–H and O–H groups in total. The molecule has 5 heteroatoms. The van der Waals surface area contributed by atoms with Gasteiger partial charge in [0.2, 0.25) is 0 Å². The molecule has 5 nitrogen and oxygen atoms in total. The second kappa shape index (κ2) is 13.1. The second-order valence-electron chi connectivity index (χ2n) is 7.19. The Bertz CT molecular complexity index is 703. The van der Waals surface area contributed by atoms with E-state index in [9.17, 15) is 4.79 Å². The zero-order valence-corrected chi connectivity index (χ0v) is 17.3. The highest BCUT2D eigenvalue weighted by atomic mass is 16.5. The number of rotatable bonds is 13. The van der Waals surface area contributed by atoms with Crippen molar-refractivity contribution in [3.63, 3.8) is 0 Å². The fraction of sp³-hybridized carbons (Fsp3) is 0.458. The molecule has 2 aromatic rings. The summed E-state index contributed by atoms with van der Waals surface area (Å²) in [5, 5.41) is 8.80. The number of aliphatic hydroxyl groups excluding tert-OH is 1. The molecule has 0 aliphatic rings. The van der Waals surface area contributed by atoms with Crippen LogP contribution < -0.4 is 5.73 Å². The lowest BCUT2D eigenvalue weighted by molar-refractivity contribution is -0.149. The summed E-state index contributed by atoms with van der Waals surface area (Å²) in [4.78, 5) is 12.3. The van der Waals surface area contributed by atoms with Gasteiger partial charge in [-0.05, 0) is 49.3 Å². The first-order valence-electron chi connectivity index (χ1n) is 10.4. The highest BCUT2D eigenvalue weighted by Gasteiger charge is 2.22. The maximum Gasteiger partial charge on any atom is 0.309 e. The first-order valence-corrected chi connectivity index (χ1v) is 10.4. The molecule has 0 bridgehead atoms. The largest absolute Gasteiger partial charge is 0.466 e. The molecule has 0 aliphatic carbocycles. The number of carbonyl (C=O) groups is 1. The van der Waals surface area contributed by atoms with Crippen LogP contribution in [0.2, 0.25) is 0 Å². The zero-order chi connectivity index (χ0) is 20.9. The van der Waals surface area contributed by atoms with E-state index in [0.29, 0.717) is 45.5 Å². The average Bonchev–Trinajstić information content (AvgIpc) is 2.74. The van der Waals surface area contributed by atoms with Crippen molar-refractivity contribution in [3.8, 4) is 11.1 Å². The SMILES string of the molecule is CCOC(=O)[C@H](CCOCCCO)C[C@H](N)Cc1ccc(-c2ccccc2)cc1. The summed E-state index contributed by atoms with van der Waals surface area (Å²) in [5.74, 6) is -0.490. The van der Waals surface area contributed by atoms with E-state index in [2.05, 4.69) is 36.4 Å². The molecule has 29 heavy (non-hydrogen) atoms. The molecule has 0 aliphatic heterocycles. The van der Waals surface area contributed by atoms with Crippen LogP contribution >= 0.6 is 0 Å². The number of hydrogen-bond donors (Lipinski definition) is 2. The van der Waals surface area contributed by atoms with Crippen molar-refractivity contribution < 1.29 is 19.4 Å². The third-order valence-corrected chi connectivity index (χ3v) is 4.82. The van der Waals surface area contributed by atoms with Crippen LogP contribution in [0.15, 0.2) is 54.6 Å². The van der Waals surface area contributed by atoms with Gasteiger partial charge in [0, 0.05) is 25.9 Å². The molecule has 0 amide bonds. The van der Waals surface area contributed by atoms with E-state index >= 15 is 0 Å². The fourth-order valence-corrected chi connectivity index (χ4v) is 3.30. The Morgan fingerprint density at radius 1 is 1.03 bits per heavy atom. The monoisotopic (exact) mass is 399 g/mol. The van der Waals surface area contributed by atoms with Crippen LogP contribution in [0.25, 0.3) is 11.1 Å². The number of hydrogen-bond acceptors (Lipinski definition) is 5. The Balaban J connectivity index is 1.88. The normalized spacial score (nSPS) is 13.1. The average molecular weight is 400 g/mol. The van der Waals surface area contributed by atoms with E-state index in [0.717, 1.165) is 5.56 Å². The summed E-state index contributed by atoms with van der Waals surface area (Å²) in [6, 6.07) is 18.5. The fourth-order valence-electron chi connectivity index (χ4n) is 3.30. The van der Waals surface area contributed by atoms with Crippen molar-refractivity contribution >= 4 is 5.97 Å². The highest BCUT2D eigenvalue weighted by molar-refractivity contribution is 5.72. The quantitative estimate of drug-likeness (QED) is 0.397. The first kappa shape index (κ1) is 23.1. The Morgan fingerprint density at radius 3 is 2.38 bits per heavy atom. The van der Waals surface area contributed by atoms with Crippen LogP contribution in [-0.2, 0) is 20.7 Å². The minimum atomic E-state index is -0.275. The zero-order valence-electron chi connectivity index (χ0n) is 17.3. The van der Waals surface area contributed by atoms with Gasteiger partial charge in [-0.25, -0.2) is 0 Å². The van der Waals surface area contributed by atoms with Crippen LogP contribution in [0.5, 0.6) is 0 Å². The third kappa shape index (κ3) is 8.36. The standard InChI is InChI=1S/C24H33NO4/c1-2-29-24(27)22(13-16-28-15-6-14-26)18-23(25)17-19-9-11-21(12-10-19)20-7-4-3-5-8-20/h3-5,7-12,22-23,26H,2,6,13-18,25H2,1H3/t22-,23-/m1/s1. The Morgan fingerprint density at radius 2 is 1.72 bits per heavy atom. The molecule has 0 saturated heterocycles. The number of carbonyl (C=O) groups excluding carboxylic acids is 1. The molecule has 0 heterocycles. The van der Waals surface area contributed by atoms with Crippen molar-refractivity contribution in [3.05, 3.63) is 60.2 Å². The van der Waals surface area contributed by atoms with Gasteiger partial charge in [-0.3, -0.25) is 4.79 Å². The number of ether oxygens (including phenoxy) is 2. The van der Waals surface area contributed by atoms with Gasteiger partial charge in [0.1, 0.15) is 0 Å². The Kier molecular flexibility index (Phi) is 10.4. The van der Waals surface area contributed by atoms with Crippen LogP contribution in [0.3, 0.4) is 0 Å². The highest BCUT2D eigenvalue weighted by Crippen LogP contribution is 2.21. The minimum absolute atomic E-state index is 0.106. The van der Waals surface area contributed by atoms with E-state index < -0.39 is 0 Å². The summed E-state index contributed by atoms with van der Waals surface area (Å²) in [6.45, 7) is 3.22. The molecule has 2 aromatic carbocycles. The summed E-state index contributed by atoms with van der Waals surface area (Å²) in [6.07, 6.45) is 2.44. The molecule has 2 rings (SSSR count). The molecule has 0 aromatic heterocycles. The third-order valence-electron chi connectivity index (χ3n) is 4.82. The van der Waals surface area contributed by atoms with Crippen molar-refractivity contribution in [2.45, 2.75) is 38.6 Å². The first-order chi connectivity index (χ1) is 14.1. The predicted octanol–water partition coefficient (Wildman–Crippen LogP) is 3.58. The summed E-state index contributed by atoms with van der Waals surface area (Å²) in [7, 11) is 0. The van der Waals surface area contributed by atoms with Crippen LogP contribution in [-0.4, -0.2) is 43.5 Å². The van der Waals surface area contributed by atoms with Gasteiger partial charge in [0.05, 0.1) is 12.5 Å². The Labute approximate surface area is 173 Å². The van der Waals surface area contributed by atoms with Gasteiger partial charge >= 0.3 is 5.97 Å². The van der Waals surface area contributed by atoms with E-state index in [1.807, 2.05) is 18.2 Å². The summed E-state index contributed by atoms with van der Waals surface area (Å²) in [5.41, 5.74) is 9.87. The van der Waals surface area contributed by atoms with Crippen molar-refractivity contribution in [1.82, 2.24) is 0 Å². The Hall–Kier alpha value is -2.21. The van der Waals surface area contributed by atoms with Gasteiger partial charge in [-0.15, -0.1) is 0 Å². The van der Waals surface area contributed by atoms with Crippen LogP contribution in [0.4, 0.5) is 0 Å². The second-order valence-corrected chi connectivity index (χ2v) is 7.19. The van der Waals surface area contributed by atoms with Gasteiger partial charge in [-0.1, -0.05) is 54.6 Å². The van der Waals surface area contributed by atoms with Crippen molar-refractivity contribution in [2.24, 2.45) is 11.7 Å². The molecule has 0 saturated carbocycles. The molecule has 158 valence electrons. The molecule has 0 unspecified atom stereocenters. The number of esters is 1.